The van der Waals surface area contributed by atoms with Gasteiger partial charge in [-0.25, -0.2) is 0 Å². The molecule has 0 spiro atoms. The van der Waals surface area contributed by atoms with Crippen LogP contribution in [0.3, 0.4) is 0 Å². The zero-order valence-corrected chi connectivity index (χ0v) is 13.5. The monoisotopic (exact) mass is 315 g/mol. The van der Waals surface area contributed by atoms with Gasteiger partial charge >= 0.3 is 0 Å². The normalized spacial score (nSPS) is 11.4. The van der Waals surface area contributed by atoms with Crippen molar-refractivity contribution in [2.75, 3.05) is 19.0 Å². The molecule has 0 aliphatic heterocycles. The lowest BCUT2D eigenvalue weighted by Gasteiger charge is -2.16. The summed E-state index contributed by atoms with van der Waals surface area (Å²) < 4.78 is 16.3. The zero-order chi connectivity index (χ0) is 16.7. The lowest BCUT2D eigenvalue weighted by atomic mass is 10.2. The van der Waals surface area contributed by atoms with Crippen molar-refractivity contribution in [3.63, 3.8) is 0 Å². The maximum absolute atomic E-state index is 12.2. The van der Waals surface area contributed by atoms with E-state index in [4.69, 9.17) is 14.2 Å². The van der Waals surface area contributed by atoms with Crippen LogP contribution in [0.2, 0.25) is 0 Å². The summed E-state index contributed by atoms with van der Waals surface area (Å²) in [6, 6.07) is 14.5. The molecule has 0 aromatic heterocycles. The number of hydrogen-bond acceptors (Lipinski definition) is 4. The minimum absolute atomic E-state index is 0.236. The first kappa shape index (κ1) is 16.7. The first-order valence-corrected chi connectivity index (χ1v) is 7.47. The van der Waals surface area contributed by atoms with Crippen molar-refractivity contribution in [3.05, 3.63) is 48.5 Å². The Balaban J connectivity index is 2.01. The van der Waals surface area contributed by atoms with Crippen LogP contribution in [0.15, 0.2) is 48.5 Å². The molecular weight excluding hydrogens is 294 g/mol. The van der Waals surface area contributed by atoms with E-state index in [9.17, 15) is 4.79 Å². The summed E-state index contributed by atoms with van der Waals surface area (Å²) in [7, 11) is 1.56. The Kier molecular flexibility index (Phi) is 5.86. The molecule has 5 nitrogen and oxygen atoms in total. The summed E-state index contributed by atoms with van der Waals surface area (Å²) in [6.07, 6.45) is -0.616. The van der Waals surface area contributed by atoms with Gasteiger partial charge in [0.2, 0.25) is 0 Å². The number of ether oxygens (including phenoxy) is 3. The molecule has 0 saturated heterocycles. The van der Waals surface area contributed by atoms with Gasteiger partial charge in [0.25, 0.3) is 5.91 Å². The van der Waals surface area contributed by atoms with Crippen molar-refractivity contribution < 1.29 is 19.0 Å². The van der Waals surface area contributed by atoms with Gasteiger partial charge in [0, 0.05) is 11.8 Å². The molecule has 1 N–H and O–H groups in total. The molecule has 0 aliphatic rings. The number of carbonyl (C=O) groups is 1. The minimum atomic E-state index is -0.616. The Bertz CT molecular complexity index is 643. The molecule has 2 aromatic rings. The molecule has 0 aliphatic carbocycles. The third-order valence-corrected chi connectivity index (χ3v) is 3.16. The summed E-state index contributed by atoms with van der Waals surface area (Å²) in [6.45, 7) is 4.15. The molecule has 0 saturated carbocycles. The van der Waals surface area contributed by atoms with Crippen LogP contribution in [0.1, 0.15) is 13.8 Å². The lowest BCUT2D eigenvalue weighted by molar-refractivity contribution is -0.122. The number of para-hydroxylation sites is 1. The molecule has 23 heavy (non-hydrogen) atoms. The molecule has 1 amide bonds. The molecule has 0 unspecified atom stereocenters. The zero-order valence-electron chi connectivity index (χ0n) is 13.5. The van der Waals surface area contributed by atoms with Crippen LogP contribution < -0.4 is 19.5 Å². The Morgan fingerprint density at radius 2 is 1.87 bits per heavy atom. The van der Waals surface area contributed by atoms with Gasteiger partial charge in [-0.2, -0.15) is 0 Å². The Morgan fingerprint density at radius 3 is 2.52 bits per heavy atom. The Hall–Kier alpha value is -2.69. The average Bonchev–Trinajstić information content (AvgIpc) is 2.57. The summed E-state index contributed by atoms with van der Waals surface area (Å²) in [5.41, 5.74) is 0.624. The minimum Gasteiger partial charge on any atom is -0.493 e. The van der Waals surface area contributed by atoms with E-state index in [0.717, 1.165) is 0 Å². The van der Waals surface area contributed by atoms with Crippen LogP contribution >= 0.6 is 0 Å². The second-order valence-corrected chi connectivity index (χ2v) is 4.86. The predicted octanol–water partition coefficient (Wildman–Crippen LogP) is 3.50. The Labute approximate surface area is 136 Å². The van der Waals surface area contributed by atoms with Crippen LogP contribution in [-0.4, -0.2) is 25.7 Å². The van der Waals surface area contributed by atoms with Crippen molar-refractivity contribution in [3.8, 4) is 17.2 Å². The van der Waals surface area contributed by atoms with Gasteiger partial charge in [-0.1, -0.05) is 18.2 Å². The number of carbonyl (C=O) groups excluding carboxylic acids is 1. The molecule has 2 aromatic carbocycles. The third kappa shape index (κ3) is 4.64. The van der Waals surface area contributed by atoms with E-state index in [1.54, 1.807) is 32.2 Å². The summed E-state index contributed by atoms with van der Waals surface area (Å²) in [5, 5.41) is 2.81. The van der Waals surface area contributed by atoms with Crippen LogP contribution in [0, 0.1) is 0 Å². The van der Waals surface area contributed by atoms with E-state index < -0.39 is 6.10 Å². The second-order valence-electron chi connectivity index (χ2n) is 4.86. The highest BCUT2D eigenvalue weighted by molar-refractivity contribution is 5.94. The van der Waals surface area contributed by atoms with Crippen molar-refractivity contribution in [1.82, 2.24) is 0 Å². The number of hydrogen-bond donors (Lipinski definition) is 1. The largest absolute Gasteiger partial charge is 0.493 e. The SMILES string of the molecule is CCOc1ccc(NC(=O)[C@@H](C)Oc2ccccc2)cc1OC. The first-order chi connectivity index (χ1) is 11.1. The predicted molar refractivity (Wildman–Crippen MR) is 89.3 cm³/mol. The topological polar surface area (TPSA) is 56.8 Å². The number of methoxy groups -OCH3 is 1. The van der Waals surface area contributed by atoms with Crippen LogP contribution in [0.4, 0.5) is 5.69 Å². The van der Waals surface area contributed by atoms with Gasteiger partial charge in [-0.3, -0.25) is 4.79 Å². The number of rotatable bonds is 7. The van der Waals surface area contributed by atoms with Gasteiger partial charge in [0.05, 0.1) is 13.7 Å². The van der Waals surface area contributed by atoms with E-state index in [2.05, 4.69) is 5.32 Å². The molecule has 122 valence electrons. The lowest BCUT2D eigenvalue weighted by Crippen LogP contribution is -2.30. The molecule has 0 radical (unpaired) electrons. The average molecular weight is 315 g/mol. The van der Waals surface area contributed by atoms with Gasteiger partial charge in [0.15, 0.2) is 17.6 Å². The van der Waals surface area contributed by atoms with Crippen LogP contribution in [-0.2, 0) is 4.79 Å². The molecule has 0 fully saturated rings. The highest BCUT2D eigenvalue weighted by atomic mass is 16.5. The van der Waals surface area contributed by atoms with Gasteiger partial charge < -0.3 is 19.5 Å². The van der Waals surface area contributed by atoms with Gasteiger partial charge in [-0.15, -0.1) is 0 Å². The summed E-state index contributed by atoms with van der Waals surface area (Å²) in [5.74, 6) is 1.63. The molecule has 1 atom stereocenters. The molecular formula is C18H21NO4. The molecule has 0 heterocycles. The van der Waals surface area contributed by atoms with Crippen molar-refractivity contribution in [2.45, 2.75) is 20.0 Å². The van der Waals surface area contributed by atoms with Crippen molar-refractivity contribution in [2.24, 2.45) is 0 Å². The standard InChI is InChI=1S/C18H21NO4/c1-4-22-16-11-10-14(12-17(16)21-3)19-18(20)13(2)23-15-8-6-5-7-9-15/h5-13H,4H2,1-3H3,(H,19,20)/t13-/m1/s1. The van der Waals surface area contributed by atoms with Crippen LogP contribution in [0.5, 0.6) is 17.2 Å². The first-order valence-electron chi connectivity index (χ1n) is 7.47. The fourth-order valence-electron chi connectivity index (χ4n) is 2.02. The highest BCUT2D eigenvalue weighted by Crippen LogP contribution is 2.30. The Morgan fingerprint density at radius 1 is 1.13 bits per heavy atom. The number of benzene rings is 2. The smallest absolute Gasteiger partial charge is 0.265 e. The molecule has 5 heteroatoms. The summed E-state index contributed by atoms with van der Waals surface area (Å²) in [4.78, 5) is 12.2. The van der Waals surface area contributed by atoms with E-state index >= 15 is 0 Å². The maximum Gasteiger partial charge on any atom is 0.265 e. The fourth-order valence-corrected chi connectivity index (χ4v) is 2.02. The van der Waals surface area contributed by atoms with Crippen molar-refractivity contribution in [1.29, 1.82) is 0 Å². The quantitative estimate of drug-likeness (QED) is 0.849. The summed E-state index contributed by atoms with van der Waals surface area (Å²) >= 11 is 0. The fraction of sp³-hybridized carbons (Fsp3) is 0.278. The van der Waals surface area contributed by atoms with Gasteiger partial charge in [0.1, 0.15) is 5.75 Å². The van der Waals surface area contributed by atoms with E-state index in [0.29, 0.717) is 29.5 Å². The maximum atomic E-state index is 12.2. The van der Waals surface area contributed by atoms with E-state index in [1.807, 2.05) is 37.3 Å². The second kappa shape index (κ2) is 8.08. The van der Waals surface area contributed by atoms with E-state index in [-0.39, 0.29) is 5.91 Å². The van der Waals surface area contributed by atoms with Gasteiger partial charge in [-0.05, 0) is 38.1 Å². The third-order valence-electron chi connectivity index (χ3n) is 3.16. The number of amides is 1. The van der Waals surface area contributed by atoms with Crippen molar-refractivity contribution >= 4 is 11.6 Å². The van der Waals surface area contributed by atoms with E-state index in [1.165, 1.54) is 0 Å². The van der Waals surface area contributed by atoms with Crippen LogP contribution in [0.25, 0.3) is 0 Å². The highest BCUT2D eigenvalue weighted by Gasteiger charge is 2.15. The molecule has 0 bridgehead atoms. The number of nitrogens with one attached hydrogen (secondary N) is 1. The molecule has 2 rings (SSSR count). The number of anilines is 1.